The van der Waals surface area contributed by atoms with E-state index >= 15 is 0 Å². The molecule has 1 aromatic rings. The SMILES string of the molecule is COC(=O)c1occc1CNC(C)C(=O)OC. The van der Waals surface area contributed by atoms with Crippen LogP contribution >= 0.6 is 0 Å². The second kappa shape index (κ2) is 6.05. The molecular weight excluding hydrogens is 226 g/mol. The monoisotopic (exact) mass is 241 g/mol. The average Bonchev–Trinajstić information content (AvgIpc) is 2.82. The molecule has 0 aromatic carbocycles. The van der Waals surface area contributed by atoms with E-state index in [0.29, 0.717) is 12.1 Å². The van der Waals surface area contributed by atoms with E-state index in [0.717, 1.165) is 0 Å². The first-order valence-corrected chi connectivity index (χ1v) is 5.06. The second-order valence-corrected chi connectivity index (χ2v) is 3.39. The molecule has 1 atom stereocenters. The van der Waals surface area contributed by atoms with Crippen molar-refractivity contribution in [1.29, 1.82) is 0 Å². The van der Waals surface area contributed by atoms with Gasteiger partial charge < -0.3 is 19.2 Å². The number of carbonyl (C=O) groups excluding carboxylic acids is 2. The van der Waals surface area contributed by atoms with Crippen molar-refractivity contribution in [2.75, 3.05) is 14.2 Å². The zero-order valence-electron chi connectivity index (χ0n) is 9.98. The fraction of sp³-hybridized carbons (Fsp3) is 0.455. The standard InChI is InChI=1S/C11H15NO5/c1-7(10(13)15-2)12-6-8-4-5-17-9(8)11(14)16-3/h4-5,7,12H,6H2,1-3H3. The molecule has 1 aromatic heterocycles. The van der Waals surface area contributed by atoms with Crippen LogP contribution in [0.3, 0.4) is 0 Å². The molecule has 17 heavy (non-hydrogen) atoms. The average molecular weight is 241 g/mol. The maximum Gasteiger partial charge on any atom is 0.374 e. The summed E-state index contributed by atoms with van der Waals surface area (Å²) in [6.45, 7) is 1.99. The molecule has 6 heteroatoms. The number of methoxy groups -OCH3 is 2. The molecule has 1 N–H and O–H groups in total. The molecule has 0 radical (unpaired) electrons. The Balaban J connectivity index is 2.61. The number of ether oxygens (including phenoxy) is 2. The van der Waals surface area contributed by atoms with Gasteiger partial charge in [0.15, 0.2) is 0 Å². The van der Waals surface area contributed by atoms with Gasteiger partial charge in [-0.25, -0.2) is 4.79 Å². The predicted octanol–water partition coefficient (Wildman–Crippen LogP) is 0.717. The lowest BCUT2D eigenvalue weighted by molar-refractivity contribution is -0.142. The van der Waals surface area contributed by atoms with E-state index in [-0.39, 0.29) is 11.7 Å². The van der Waals surface area contributed by atoms with Crippen LogP contribution in [-0.2, 0) is 20.8 Å². The third kappa shape index (κ3) is 3.32. The molecule has 0 aliphatic carbocycles. The van der Waals surface area contributed by atoms with Crippen LogP contribution in [0.5, 0.6) is 0 Å². The van der Waals surface area contributed by atoms with Crippen molar-refractivity contribution in [2.24, 2.45) is 0 Å². The normalized spacial score (nSPS) is 11.9. The van der Waals surface area contributed by atoms with Crippen LogP contribution in [0.15, 0.2) is 16.7 Å². The molecule has 0 aliphatic rings. The minimum Gasteiger partial charge on any atom is -0.468 e. The van der Waals surface area contributed by atoms with Gasteiger partial charge in [-0.15, -0.1) is 0 Å². The molecule has 0 fully saturated rings. The smallest absolute Gasteiger partial charge is 0.374 e. The van der Waals surface area contributed by atoms with Gasteiger partial charge >= 0.3 is 11.9 Å². The second-order valence-electron chi connectivity index (χ2n) is 3.39. The molecule has 0 spiro atoms. The Hall–Kier alpha value is -1.82. The van der Waals surface area contributed by atoms with Crippen LogP contribution < -0.4 is 5.32 Å². The van der Waals surface area contributed by atoms with Gasteiger partial charge in [-0.3, -0.25) is 4.79 Å². The van der Waals surface area contributed by atoms with E-state index in [1.807, 2.05) is 0 Å². The van der Waals surface area contributed by atoms with Gasteiger partial charge in [-0.2, -0.15) is 0 Å². The fourth-order valence-electron chi connectivity index (χ4n) is 1.27. The van der Waals surface area contributed by atoms with Gasteiger partial charge in [0.05, 0.1) is 20.5 Å². The third-order valence-corrected chi connectivity index (χ3v) is 2.27. The van der Waals surface area contributed by atoms with Crippen LogP contribution in [0.4, 0.5) is 0 Å². The molecule has 1 rings (SSSR count). The number of hydrogen-bond acceptors (Lipinski definition) is 6. The van der Waals surface area contributed by atoms with E-state index in [4.69, 9.17) is 4.42 Å². The summed E-state index contributed by atoms with van der Waals surface area (Å²) in [5.41, 5.74) is 0.632. The Labute approximate surface area is 98.9 Å². The summed E-state index contributed by atoms with van der Waals surface area (Å²) in [5.74, 6) is -0.775. The summed E-state index contributed by atoms with van der Waals surface area (Å²) < 4.78 is 14.1. The molecule has 0 amide bonds. The molecule has 1 unspecified atom stereocenters. The summed E-state index contributed by atoms with van der Waals surface area (Å²) in [7, 11) is 2.59. The Kier molecular flexibility index (Phi) is 4.71. The van der Waals surface area contributed by atoms with Crippen LogP contribution in [0.25, 0.3) is 0 Å². The van der Waals surface area contributed by atoms with Gasteiger partial charge in [0.2, 0.25) is 5.76 Å². The topological polar surface area (TPSA) is 77.8 Å². The van der Waals surface area contributed by atoms with Crippen molar-refractivity contribution in [1.82, 2.24) is 5.32 Å². The van der Waals surface area contributed by atoms with Crippen molar-refractivity contribution in [3.05, 3.63) is 23.7 Å². The highest BCUT2D eigenvalue weighted by Gasteiger charge is 2.18. The lowest BCUT2D eigenvalue weighted by Gasteiger charge is -2.10. The lowest BCUT2D eigenvalue weighted by atomic mass is 10.2. The molecule has 0 bridgehead atoms. The van der Waals surface area contributed by atoms with E-state index in [2.05, 4.69) is 14.8 Å². The molecular formula is C11H15NO5. The maximum absolute atomic E-state index is 11.3. The van der Waals surface area contributed by atoms with Crippen LogP contribution in [0.1, 0.15) is 23.0 Å². The molecule has 94 valence electrons. The van der Waals surface area contributed by atoms with Crippen LogP contribution in [-0.4, -0.2) is 32.2 Å². The minimum atomic E-state index is -0.544. The Bertz CT molecular complexity index is 398. The zero-order valence-corrected chi connectivity index (χ0v) is 9.98. The molecule has 6 nitrogen and oxygen atoms in total. The van der Waals surface area contributed by atoms with Crippen LogP contribution in [0.2, 0.25) is 0 Å². The summed E-state index contributed by atoms with van der Waals surface area (Å²) in [6.07, 6.45) is 1.39. The van der Waals surface area contributed by atoms with Crippen LogP contribution in [0, 0.1) is 0 Å². The number of carbonyl (C=O) groups is 2. The maximum atomic E-state index is 11.3. The largest absolute Gasteiger partial charge is 0.468 e. The van der Waals surface area contributed by atoms with Crippen molar-refractivity contribution in [3.63, 3.8) is 0 Å². The van der Waals surface area contributed by atoms with Gasteiger partial charge in [0.25, 0.3) is 0 Å². The van der Waals surface area contributed by atoms with E-state index in [1.165, 1.54) is 20.5 Å². The number of furan rings is 1. The number of nitrogens with one attached hydrogen (secondary N) is 1. The zero-order chi connectivity index (χ0) is 12.8. The van der Waals surface area contributed by atoms with Gasteiger partial charge in [-0.05, 0) is 13.0 Å². The minimum absolute atomic E-state index is 0.136. The van der Waals surface area contributed by atoms with Gasteiger partial charge in [0.1, 0.15) is 6.04 Å². The highest BCUT2D eigenvalue weighted by atomic mass is 16.5. The summed E-state index contributed by atoms with van der Waals surface area (Å²) in [5, 5.41) is 2.91. The summed E-state index contributed by atoms with van der Waals surface area (Å²) >= 11 is 0. The quantitative estimate of drug-likeness (QED) is 0.765. The highest BCUT2D eigenvalue weighted by Crippen LogP contribution is 2.11. The summed E-state index contributed by atoms with van der Waals surface area (Å²) in [4.78, 5) is 22.4. The Morgan fingerprint density at radius 3 is 2.71 bits per heavy atom. The molecule has 0 saturated heterocycles. The van der Waals surface area contributed by atoms with Crippen molar-refractivity contribution in [2.45, 2.75) is 19.5 Å². The van der Waals surface area contributed by atoms with Crippen molar-refractivity contribution >= 4 is 11.9 Å². The molecule has 0 saturated carbocycles. The van der Waals surface area contributed by atoms with E-state index in [1.54, 1.807) is 13.0 Å². The third-order valence-electron chi connectivity index (χ3n) is 2.27. The predicted molar refractivity (Wildman–Crippen MR) is 58.4 cm³/mol. The number of esters is 2. The fourth-order valence-corrected chi connectivity index (χ4v) is 1.27. The molecule has 1 heterocycles. The first-order chi connectivity index (χ1) is 8.10. The first-order valence-electron chi connectivity index (χ1n) is 5.06. The Morgan fingerprint density at radius 1 is 1.41 bits per heavy atom. The van der Waals surface area contributed by atoms with Crippen molar-refractivity contribution < 1.29 is 23.5 Å². The first kappa shape index (κ1) is 13.2. The van der Waals surface area contributed by atoms with E-state index in [9.17, 15) is 9.59 Å². The summed E-state index contributed by atoms with van der Waals surface area (Å²) in [6, 6.07) is 1.18. The number of rotatable bonds is 5. The van der Waals surface area contributed by atoms with Crippen molar-refractivity contribution in [3.8, 4) is 0 Å². The lowest BCUT2D eigenvalue weighted by Crippen LogP contribution is -2.34. The van der Waals surface area contributed by atoms with E-state index < -0.39 is 12.0 Å². The number of hydrogen-bond donors (Lipinski definition) is 1. The van der Waals surface area contributed by atoms with Gasteiger partial charge in [-0.1, -0.05) is 0 Å². The highest BCUT2D eigenvalue weighted by molar-refractivity contribution is 5.87. The molecule has 0 aliphatic heterocycles. The Morgan fingerprint density at radius 2 is 2.12 bits per heavy atom. The van der Waals surface area contributed by atoms with Gasteiger partial charge in [0, 0.05) is 12.1 Å².